The number of halogens is 1. The molecule has 1 aromatic rings. The van der Waals surface area contributed by atoms with Gasteiger partial charge in [0.15, 0.2) is 5.15 Å². The van der Waals surface area contributed by atoms with Gasteiger partial charge in [0, 0.05) is 25.5 Å². The quantitative estimate of drug-likeness (QED) is 0.187. The Hall–Kier alpha value is -2.36. The van der Waals surface area contributed by atoms with Crippen molar-refractivity contribution in [2.24, 2.45) is 11.6 Å². The summed E-state index contributed by atoms with van der Waals surface area (Å²) in [6, 6.07) is 2.63. The molecule has 0 bridgehead atoms. The van der Waals surface area contributed by atoms with Gasteiger partial charge in [0.1, 0.15) is 5.69 Å². The van der Waals surface area contributed by atoms with E-state index in [-0.39, 0.29) is 29.0 Å². The lowest BCUT2D eigenvalue weighted by Crippen LogP contribution is -2.36. The molecule has 1 heterocycles. The molecular weight excluding hydrogens is 312 g/mol. The number of nitrogens with zero attached hydrogens (tertiary/aromatic N) is 2. The summed E-state index contributed by atoms with van der Waals surface area (Å²) in [6.07, 6.45) is 2.81. The molecule has 0 atom stereocenters. The molecule has 0 spiro atoms. The van der Waals surface area contributed by atoms with Crippen LogP contribution in [0.1, 0.15) is 10.5 Å². The van der Waals surface area contributed by atoms with E-state index >= 15 is 0 Å². The number of rotatable bonds is 8. The Balaban J connectivity index is 2.41. The molecule has 0 aliphatic heterocycles. The first-order valence-electron chi connectivity index (χ1n) is 6.24. The van der Waals surface area contributed by atoms with Crippen LogP contribution in [0.15, 0.2) is 24.5 Å². The molecule has 120 valence electrons. The molecular formula is C12H17ClN6O3. The molecule has 1 rings (SSSR count). The lowest BCUT2D eigenvalue weighted by Gasteiger charge is -2.13. The number of hydrogen-bond acceptors (Lipinski definition) is 7. The van der Waals surface area contributed by atoms with E-state index in [1.165, 1.54) is 29.5 Å². The van der Waals surface area contributed by atoms with Crippen LogP contribution in [-0.4, -0.2) is 46.6 Å². The summed E-state index contributed by atoms with van der Waals surface area (Å²) in [5.41, 5.74) is 5.21. The van der Waals surface area contributed by atoms with Crippen LogP contribution in [-0.2, 0) is 4.79 Å². The average molecular weight is 329 g/mol. The summed E-state index contributed by atoms with van der Waals surface area (Å²) in [5, 5.41) is 15.4. The van der Waals surface area contributed by atoms with E-state index in [9.17, 15) is 9.59 Å². The molecule has 0 aromatic carbocycles. The van der Waals surface area contributed by atoms with Gasteiger partial charge in [0.25, 0.3) is 0 Å². The summed E-state index contributed by atoms with van der Waals surface area (Å²) in [6.45, 7) is 0.978. The second-order valence-corrected chi connectivity index (χ2v) is 4.50. The second kappa shape index (κ2) is 8.82. The van der Waals surface area contributed by atoms with Crippen LogP contribution in [0.5, 0.6) is 0 Å². The molecule has 9 nitrogen and oxygen atoms in total. The maximum Gasteiger partial charge on any atom is 0.354 e. The van der Waals surface area contributed by atoms with Crippen molar-refractivity contribution in [3.8, 4) is 0 Å². The molecule has 0 aliphatic rings. The van der Waals surface area contributed by atoms with E-state index in [1.807, 2.05) is 0 Å². The maximum atomic E-state index is 11.7. The summed E-state index contributed by atoms with van der Waals surface area (Å²) in [5.74, 6) is 4.00. The molecule has 7 N–H and O–H groups in total. The fourth-order valence-corrected chi connectivity index (χ4v) is 1.64. The third kappa shape index (κ3) is 5.95. The van der Waals surface area contributed by atoms with Crippen LogP contribution in [0.2, 0.25) is 5.15 Å². The number of hydrazine groups is 1. The largest absolute Gasteiger partial charge is 0.477 e. The molecule has 22 heavy (non-hydrogen) atoms. The molecule has 0 unspecified atom stereocenters. The van der Waals surface area contributed by atoms with Crippen molar-refractivity contribution in [2.45, 2.75) is 0 Å². The molecule has 0 fully saturated rings. The lowest BCUT2D eigenvalue weighted by atomic mass is 10.3. The Kier molecular flexibility index (Phi) is 7.09. The Morgan fingerprint density at radius 1 is 1.45 bits per heavy atom. The number of carbonyl (C=O) groups excluding carboxylic acids is 1. The Bertz CT molecular complexity index is 566. The number of aromatic nitrogens is 1. The number of amides is 1. The van der Waals surface area contributed by atoms with Gasteiger partial charge in [0.05, 0.1) is 12.2 Å². The van der Waals surface area contributed by atoms with Crippen molar-refractivity contribution in [1.29, 1.82) is 0 Å². The second-order valence-electron chi connectivity index (χ2n) is 4.14. The molecule has 1 aromatic heterocycles. The third-order valence-corrected chi connectivity index (χ3v) is 2.74. The molecule has 10 heteroatoms. The average Bonchev–Trinajstić information content (AvgIpc) is 2.46. The van der Waals surface area contributed by atoms with Crippen molar-refractivity contribution < 1.29 is 14.7 Å². The summed E-state index contributed by atoms with van der Waals surface area (Å²) in [7, 11) is 0. The highest BCUT2D eigenvalue weighted by molar-refractivity contribution is 6.32. The highest BCUT2D eigenvalue weighted by Gasteiger charge is 2.10. The Labute approximate surface area is 131 Å². The molecule has 0 saturated heterocycles. The first kappa shape index (κ1) is 17.7. The number of anilines is 1. The zero-order valence-electron chi connectivity index (χ0n) is 11.6. The minimum absolute atomic E-state index is 0.0389. The number of carboxylic acid groups (broad SMARTS) is 1. The van der Waals surface area contributed by atoms with Gasteiger partial charge in [0.2, 0.25) is 5.91 Å². The summed E-state index contributed by atoms with van der Waals surface area (Å²) < 4.78 is 0. The van der Waals surface area contributed by atoms with Crippen molar-refractivity contribution in [1.82, 2.24) is 15.3 Å². The Morgan fingerprint density at radius 2 is 2.18 bits per heavy atom. The van der Waals surface area contributed by atoms with Crippen molar-refractivity contribution in [2.75, 3.05) is 25.0 Å². The van der Waals surface area contributed by atoms with Crippen molar-refractivity contribution >= 4 is 29.2 Å². The fourth-order valence-electron chi connectivity index (χ4n) is 1.44. The highest BCUT2D eigenvalue weighted by atomic mass is 35.5. The van der Waals surface area contributed by atoms with Gasteiger partial charge in [-0.2, -0.15) is 0 Å². The van der Waals surface area contributed by atoms with Gasteiger partial charge in [-0.1, -0.05) is 11.6 Å². The van der Waals surface area contributed by atoms with Gasteiger partial charge >= 0.3 is 5.97 Å². The van der Waals surface area contributed by atoms with Gasteiger partial charge in [-0.25, -0.2) is 15.6 Å². The number of aromatic carboxylic acids is 1. The number of hydrogen-bond donors (Lipinski definition) is 5. The van der Waals surface area contributed by atoms with Gasteiger partial charge in [-0.15, -0.1) is 0 Å². The minimum Gasteiger partial charge on any atom is -0.477 e. The maximum absolute atomic E-state index is 11.7. The first-order valence-corrected chi connectivity index (χ1v) is 6.62. The predicted octanol–water partition coefficient (Wildman–Crippen LogP) is -0.433. The van der Waals surface area contributed by atoms with Crippen LogP contribution in [0.25, 0.3) is 0 Å². The van der Waals surface area contributed by atoms with Gasteiger partial charge in [-0.05, 0) is 12.1 Å². The van der Waals surface area contributed by atoms with E-state index in [0.29, 0.717) is 13.1 Å². The molecule has 0 saturated carbocycles. The highest BCUT2D eigenvalue weighted by Crippen LogP contribution is 2.19. The van der Waals surface area contributed by atoms with Crippen LogP contribution in [0, 0.1) is 0 Å². The van der Waals surface area contributed by atoms with Crippen molar-refractivity contribution in [3.63, 3.8) is 0 Å². The number of carbonyl (C=O) groups is 2. The SMILES string of the molecule is N/C=C\N(N)CCNCC(=O)Nc1ccc(C(=O)O)nc1Cl. The zero-order chi connectivity index (χ0) is 16.5. The molecule has 0 radical (unpaired) electrons. The van der Waals surface area contributed by atoms with E-state index in [1.54, 1.807) is 0 Å². The number of nitrogens with one attached hydrogen (secondary N) is 2. The van der Waals surface area contributed by atoms with Crippen LogP contribution in [0.4, 0.5) is 5.69 Å². The van der Waals surface area contributed by atoms with Crippen LogP contribution >= 0.6 is 11.6 Å². The van der Waals surface area contributed by atoms with E-state index < -0.39 is 5.97 Å². The molecule has 1 amide bonds. The van der Waals surface area contributed by atoms with E-state index in [0.717, 1.165) is 0 Å². The minimum atomic E-state index is -1.20. The lowest BCUT2D eigenvalue weighted by molar-refractivity contribution is -0.115. The number of pyridine rings is 1. The van der Waals surface area contributed by atoms with Gasteiger partial charge < -0.3 is 26.5 Å². The third-order valence-electron chi connectivity index (χ3n) is 2.45. The standard InChI is InChI=1S/C12H17ClN6O3/c13-11-8(1-2-9(18-11)12(21)22)17-10(20)7-16-4-6-19(15)5-3-14/h1-3,5,16H,4,6-7,14-15H2,(H,17,20)(H,21,22)/b5-3-. The normalized spacial score (nSPS) is 10.6. The fraction of sp³-hybridized carbons (Fsp3) is 0.250. The summed E-state index contributed by atoms with van der Waals surface area (Å²) in [4.78, 5) is 26.1. The van der Waals surface area contributed by atoms with E-state index in [2.05, 4.69) is 15.6 Å². The van der Waals surface area contributed by atoms with Crippen LogP contribution < -0.4 is 22.2 Å². The number of nitrogens with two attached hydrogens (primary N) is 2. The topological polar surface area (TPSA) is 147 Å². The smallest absolute Gasteiger partial charge is 0.354 e. The van der Waals surface area contributed by atoms with E-state index in [4.69, 9.17) is 28.3 Å². The summed E-state index contributed by atoms with van der Waals surface area (Å²) >= 11 is 5.80. The number of carboxylic acids is 1. The zero-order valence-corrected chi connectivity index (χ0v) is 12.4. The van der Waals surface area contributed by atoms with Gasteiger partial charge in [-0.3, -0.25) is 4.79 Å². The van der Waals surface area contributed by atoms with Crippen LogP contribution in [0.3, 0.4) is 0 Å². The monoisotopic (exact) mass is 328 g/mol. The van der Waals surface area contributed by atoms with Crippen molar-refractivity contribution in [3.05, 3.63) is 35.4 Å². The predicted molar refractivity (Wildman–Crippen MR) is 81.9 cm³/mol. The molecule has 0 aliphatic carbocycles. The first-order chi connectivity index (χ1) is 10.4. The Morgan fingerprint density at radius 3 is 2.77 bits per heavy atom.